The van der Waals surface area contributed by atoms with Gasteiger partial charge in [-0.05, 0) is 48.2 Å². The van der Waals surface area contributed by atoms with Crippen LogP contribution < -0.4 is 10.6 Å². The molecule has 0 radical (unpaired) electrons. The van der Waals surface area contributed by atoms with Crippen LogP contribution in [0.2, 0.25) is 0 Å². The number of nitrogens with one attached hydrogen (secondary N) is 2. The monoisotopic (exact) mass is 400 g/mol. The normalized spacial score (nSPS) is 12.6. The van der Waals surface area contributed by atoms with E-state index in [1.54, 1.807) is 0 Å². The Morgan fingerprint density at radius 1 is 0.600 bits per heavy atom. The van der Waals surface area contributed by atoms with Crippen LogP contribution in [0.25, 0.3) is 0 Å². The van der Waals surface area contributed by atoms with Crippen molar-refractivity contribution < 1.29 is 9.59 Å². The average molecular weight is 401 g/mol. The van der Waals surface area contributed by atoms with Crippen LogP contribution in [-0.4, -0.2) is 11.8 Å². The highest BCUT2D eigenvalue weighted by Crippen LogP contribution is 2.24. The second-order valence-electron chi connectivity index (χ2n) is 7.30. The molecule has 0 aromatic heterocycles. The van der Waals surface area contributed by atoms with Crippen LogP contribution >= 0.6 is 0 Å². The van der Waals surface area contributed by atoms with Gasteiger partial charge in [0, 0.05) is 11.4 Å². The average Bonchev–Trinajstić information content (AvgIpc) is 2.78. The predicted octanol–water partition coefficient (Wildman–Crippen LogP) is 5.95. The maximum atomic E-state index is 12.7. The van der Waals surface area contributed by atoms with Gasteiger partial charge >= 0.3 is 0 Å². The Bertz CT molecular complexity index is 873. The summed E-state index contributed by atoms with van der Waals surface area (Å²) < 4.78 is 0. The molecule has 0 aliphatic heterocycles. The molecule has 0 spiro atoms. The van der Waals surface area contributed by atoms with E-state index in [0.717, 1.165) is 24.0 Å². The number of hydrogen-bond donors (Lipinski definition) is 2. The molecule has 0 aliphatic rings. The molecule has 2 amide bonds. The van der Waals surface area contributed by atoms with E-state index in [0.29, 0.717) is 11.4 Å². The minimum absolute atomic E-state index is 0.0318. The summed E-state index contributed by atoms with van der Waals surface area (Å²) >= 11 is 0. The highest BCUT2D eigenvalue weighted by atomic mass is 16.2. The first kappa shape index (κ1) is 21.3. The Hall–Kier alpha value is -3.40. The van der Waals surface area contributed by atoms with E-state index < -0.39 is 0 Å². The maximum Gasteiger partial charge on any atom is 0.231 e. The molecule has 154 valence electrons. The van der Waals surface area contributed by atoms with Crippen molar-refractivity contribution in [1.29, 1.82) is 0 Å². The lowest BCUT2D eigenvalue weighted by molar-refractivity contribution is -0.118. The fraction of sp³-hybridized carbons (Fsp3) is 0.231. The van der Waals surface area contributed by atoms with Gasteiger partial charge in [0.25, 0.3) is 0 Å². The lowest BCUT2D eigenvalue weighted by Crippen LogP contribution is -2.21. The molecule has 30 heavy (non-hydrogen) atoms. The van der Waals surface area contributed by atoms with Crippen LogP contribution in [0.1, 0.15) is 49.7 Å². The summed E-state index contributed by atoms with van der Waals surface area (Å²) in [6, 6.07) is 26.8. The van der Waals surface area contributed by atoms with E-state index in [-0.39, 0.29) is 23.7 Å². The van der Waals surface area contributed by atoms with E-state index in [1.807, 2.05) is 98.8 Å². The van der Waals surface area contributed by atoms with Crippen LogP contribution in [0, 0.1) is 0 Å². The first-order valence-electron chi connectivity index (χ1n) is 10.4. The van der Waals surface area contributed by atoms with Gasteiger partial charge in [-0.15, -0.1) is 0 Å². The summed E-state index contributed by atoms with van der Waals surface area (Å²) in [5.74, 6) is -0.449. The third kappa shape index (κ3) is 5.35. The van der Waals surface area contributed by atoms with E-state index in [4.69, 9.17) is 0 Å². The van der Waals surface area contributed by atoms with Gasteiger partial charge in [-0.3, -0.25) is 9.59 Å². The Kier molecular flexibility index (Phi) is 7.39. The quantitative estimate of drug-likeness (QED) is 0.491. The smallest absolute Gasteiger partial charge is 0.231 e. The second-order valence-corrected chi connectivity index (χ2v) is 7.30. The maximum absolute atomic E-state index is 12.7. The van der Waals surface area contributed by atoms with Gasteiger partial charge in [0.2, 0.25) is 11.8 Å². The largest absolute Gasteiger partial charge is 0.326 e. The number of hydrogen-bond acceptors (Lipinski definition) is 2. The molecule has 3 aromatic carbocycles. The lowest BCUT2D eigenvalue weighted by Gasteiger charge is -2.17. The molecule has 0 saturated heterocycles. The summed E-state index contributed by atoms with van der Waals surface area (Å²) in [4.78, 5) is 25.4. The van der Waals surface area contributed by atoms with Crippen molar-refractivity contribution in [3.05, 3.63) is 96.1 Å². The number of carbonyl (C=O) groups excluding carboxylic acids is 2. The van der Waals surface area contributed by atoms with Crippen LogP contribution in [0.15, 0.2) is 84.9 Å². The molecule has 0 aliphatic carbocycles. The SMILES string of the molecule is CC[C@@H](C(=O)Nc1ccc(NC(=O)[C@H](CC)c2ccccc2)cc1)c1ccccc1. The zero-order valence-corrected chi connectivity index (χ0v) is 17.5. The third-order valence-corrected chi connectivity index (χ3v) is 5.27. The third-order valence-electron chi connectivity index (χ3n) is 5.27. The topological polar surface area (TPSA) is 58.2 Å². The Morgan fingerprint density at radius 2 is 0.933 bits per heavy atom. The standard InChI is InChI=1S/C26H28N2O2/c1-3-23(19-11-7-5-8-12-19)25(29)27-21-15-17-22(18-16-21)28-26(30)24(4-2)20-13-9-6-10-14-20/h5-18,23-24H,3-4H2,1-2H3,(H,27,29)(H,28,30)/t23-,24-/m1/s1. The number of amides is 2. The van der Waals surface area contributed by atoms with Crippen molar-refractivity contribution in [2.45, 2.75) is 38.5 Å². The van der Waals surface area contributed by atoms with E-state index in [2.05, 4.69) is 10.6 Å². The van der Waals surface area contributed by atoms with Crippen molar-refractivity contribution in [3.8, 4) is 0 Å². The molecule has 3 rings (SSSR count). The van der Waals surface area contributed by atoms with Crippen molar-refractivity contribution in [2.24, 2.45) is 0 Å². The molecule has 0 fully saturated rings. The lowest BCUT2D eigenvalue weighted by atomic mass is 9.95. The first-order valence-corrected chi connectivity index (χ1v) is 10.4. The van der Waals surface area contributed by atoms with Crippen LogP contribution in [0.4, 0.5) is 11.4 Å². The van der Waals surface area contributed by atoms with Gasteiger partial charge < -0.3 is 10.6 Å². The Balaban J connectivity index is 1.63. The molecular formula is C26H28N2O2. The molecule has 2 N–H and O–H groups in total. The van der Waals surface area contributed by atoms with Crippen LogP contribution in [0.3, 0.4) is 0 Å². The van der Waals surface area contributed by atoms with Gasteiger partial charge in [-0.1, -0.05) is 74.5 Å². The molecule has 0 unspecified atom stereocenters. The van der Waals surface area contributed by atoms with E-state index in [1.165, 1.54) is 0 Å². The summed E-state index contributed by atoms with van der Waals surface area (Å²) in [6.07, 6.45) is 1.45. The van der Waals surface area contributed by atoms with E-state index in [9.17, 15) is 9.59 Å². The second kappa shape index (κ2) is 10.4. The van der Waals surface area contributed by atoms with Gasteiger partial charge in [0.1, 0.15) is 0 Å². The number of benzene rings is 3. The van der Waals surface area contributed by atoms with Crippen LogP contribution in [-0.2, 0) is 9.59 Å². The minimum Gasteiger partial charge on any atom is -0.326 e. The van der Waals surface area contributed by atoms with Crippen molar-refractivity contribution in [2.75, 3.05) is 10.6 Å². The molecule has 2 atom stereocenters. The highest BCUT2D eigenvalue weighted by Gasteiger charge is 2.20. The number of anilines is 2. The molecular weight excluding hydrogens is 372 g/mol. The molecule has 4 nitrogen and oxygen atoms in total. The number of carbonyl (C=O) groups is 2. The van der Waals surface area contributed by atoms with Gasteiger partial charge in [0.15, 0.2) is 0 Å². The predicted molar refractivity (Wildman–Crippen MR) is 123 cm³/mol. The molecule has 3 aromatic rings. The fourth-order valence-corrected chi connectivity index (χ4v) is 3.61. The van der Waals surface area contributed by atoms with Gasteiger partial charge in [-0.2, -0.15) is 0 Å². The molecule has 0 heterocycles. The summed E-state index contributed by atoms with van der Waals surface area (Å²) in [6.45, 7) is 4.01. The summed E-state index contributed by atoms with van der Waals surface area (Å²) in [5, 5.41) is 5.96. The first-order chi connectivity index (χ1) is 14.6. The zero-order chi connectivity index (χ0) is 21.3. The molecule has 0 saturated carbocycles. The van der Waals surface area contributed by atoms with Crippen molar-refractivity contribution in [3.63, 3.8) is 0 Å². The highest BCUT2D eigenvalue weighted by molar-refractivity contribution is 5.97. The van der Waals surface area contributed by atoms with Crippen LogP contribution in [0.5, 0.6) is 0 Å². The fourth-order valence-electron chi connectivity index (χ4n) is 3.61. The summed E-state index contributed by atoms with van der Waals surface area (Å²) in [7, 11) is 0. The van der Waals surface area contributed by atoms with E-state index >= 15 is 0 Å². The zero-order valence-electron chi connectivity index (χ0n) is 17.5. The minimum atomic E-state index is -0.193. The Morgan fingerprint density at radius 3 is 1.23 bits per heavy atom. The van der Waals surface area contributed by atoms with Gasteiger partial charge in [0.05, 0.1) is 11.8 Å². The molecule has 4 heteroatoms. The van der Waals surface area contributed by atoms with Gasteiger partial charge in [-0.25, -0.2) is 0 Å². The van der Waals surface area contributed by atoms with Crippen molar-refractivity contribution >= 4 is 23.2 Å². The Labute approximate surface area is 178 Å². The number of rotatable bonds is 8. The molecule has 0 bridgehead atoms. The van der Waals surface area contributed by atoms with Crippen molar-refractivity contribution in [1.82, 2.24) is 0 Å². The summed E-state index contributed by atoms with van der Waals surface area (Å²) in [5.41, 5.74) is 3.44.